The average molecular weight is 199 g/mol. The van der Waals surface area contributed by atoms with Gasteiger partial charge in [-0.1, -0.05) is 12.1 Å². The minimum atomic E-state index is -4.34. The largest absolute Gasteiger partial charge is 0.416 e. The second-order valence-corrected chi connectivity index (χ2v) is 2.93. The van der Waals surface area contributed by atoms with Crippen molar-refractivity contribution >= 4 is 0 Å². The molecule has 0 amide bonds. The first-order valence-corrected chi connectivity index (χ1v) is 3.99. The van der Waals surface area contributed by atoms with E-state index >= 15 is 0 Å². The smallest absolute Gasteiger partial charge is 0.309 e. The van der Waals surface area contributed by atoms with Crippen LogP contribution in [-0.2, 0) is 6.18 Å². The van der Waals surface area contributed by atoms with Crippen molar-refractivity contribution in [1.82, 2.24) is 0 Å². The van der Waals surface area contributed by atoms with Crippen molar-refractivity contribution in [1.29, 1.82) is 0 Å². The van der Waals surface area contributed by atoms with Crippen molar-refractivity contribution in [2.75, 3.05) is 0 Å². The van der Waals surface area contributed by atoms with E-state index in [-0.39, 0.29) is 0 Å². The van der Waals surface area contributed by atoms with Crippen LogP contribution in [0.1, 0.15) is 24.1 Å². The number of benzene rings is 1. The van der Waals surface area contributed by atoms with E-state index in [9.17, 15) is 13.2 Å². The molecular formula is C10H8F3N. The molecule has 0 aromatic heterocycles. The van der Waals surface area contributed by atoms with Crippen LogP contribution in [0.5, 0.6) is 0 Å². The van der Waals surface area contributed by atoms with Crippen molar-refractivity contribution in [2.24, 2.45) is 0 Å². The molecule has 4 heteroatoms. The Bertz CT molecular complexity index is 362. The normalized spacial score (nSPS) is 13.4. The second kappa shape index (κ2) is 3.70. The van der Waals surface area contributed by atoms with Gasteiger partial charge < -0.3 is 4.85 Å². The van der Waals surface area contributed by atoms with Gasteiger partial charge in [-0.25, -0.2) is 6.57 Å². The molecule has 0 bridgehead atoms. The van der Waals surface area contributed by atoms with Gasteiger partial charge in [0.05, 0.1) is 5.56 Å². The molecule has 0 saturated heterocycles. The lowest BCUT2D eigenvalue weighted by atomic mass is 10.1. The Hall–Kier alpha value is -1.50. The molecule has 14 heavy (non-hydrogen) atoms. The molecule has 0 radical (unpaired) electrons. The average Bonchev–Trinajstić information content (AvgIpc) is 2.15. The summed E-state index contributed by atoms with van der Waals surface area (Å²) in [4.78, 5) is 3.16. The molecule has 0 aliphatic heterocycles. The van der Waals surface area contributed by atoms with Gasteiger partial charge in [-0.05, 0) is 12.1 Å². The molecule has 0 N–H and O–H groups in total. The zero-order valence-corrected chi connectivity index (χ0v) is 7.47. The number of nitrogens with zero attached hydrogens (tertiary/aromatic N) is 1. The molecule has 1 atom stereocenters. The molecular weight excluding hydrogens is 191 g/mol. The van der Waals surface area contributed by atoms with E-state index in [0.29, 0.717) is 5.56 Å². The summed E-state index contributed by atoms with van der Waals surface area (Å²) in [6.45, 7) is 8.29. The van der Waals surface area contributed by atoms with E-state index in [2.05, 4.69) is 4.85 Å². The molecule has 1 aromatic rings. The highest BCUT2D eigenvalue weighted by Gasteiger charge is 2.31. The summed E-state index contributed by atoms with van der Waals surface area (Å²) >= 11 is 0. The topological polar surface area (TPSA) is 4.36 Å². The first-order chi connectivity index (χ1) is 6.45. The molecule has 74 valence electrons. The van der Waals surface area contributed by atoms with Crippen LogP contribution in [0.25, 0.3) is 4.85 Å². The molecule has 0 aliphatic carbocycles. The van der Waals surface area contributed by atoms with Gasteiger partial charge in [-0.3, -0.25) is 0 Å². The highest BCUT2D eigenvalue weighted by molar-refractivity contribution is 5.28. The van der Waals surface area contributed by atoms with Crippen molar-refractivity contribution < 1.29 is 13.2 Å². The fraction of sp³-hybridized carbons (Fsp3) is 0.300. The number of hydrogen-bond donors (Lipinski definition) is 0. The third kappa shape index (κ3) is 2.25. The molecule has 0 fully saturated rings. The molecule has 1 nitrogen and oxygen atoms in total. The van der Waals surface area contributed by atoms with Gasteiger partial charge >= 0.3 is 6.18 Å². The molecule has 0 heterocycles. The molecule has 1 rings (SSSR count). The fourth-order valence-corrected chi connectivity index (χ4v) is 1.05. The van der Waals surface area contributed by atoms with Crippen LogP contribution in [0.15, 0.2) is 24.3 Å². The van der Waals surface area contributed by atoms with Crippen LogP contribution in [0.2, 0.25) is 0 Å². The highest BCUT2D eigenvalue weighted by atomic mass is 19.4. The van der Waals surface area contributed by atoms with Gasteiger partial charge in [0.25, 0.3) is 0 Å². The Labute approximate surface area is 80.0 Å². The van der Waals surface area contributed by atoms with Crippen LogP contribution >= 0.6 is 0 Å². The zero-order valence-electron chi connectivity index (χ0n) is 7.47. The standard InChI is InChI=1S/C10H8F3N/c1-7(14-2)8-4-3-5-9(6-8)10(11,12)13/h3-7H,1H3. The van der Waals surface area contributed by atoms with Crippen molar-refractivity contribution in [3.05, 3.63) is 46.8 Å². The van der Waals surface area contributed by atoms with Crippen LogP contribution in [-0.4, -0.2) is 0 Å². The summed E-state index contributed by atoms with van der Waals surface area (Å²) in [5.74, 6) is 0. The van der Waals surface area contributed by atoms with Crippen molar-refractivity contribution in [2.45, 2.75) is 19.1 Å². The number of hydrogen-bond acceptors (Lipinski definition) is 0. The van der Waals surface area contributed by atoms with Crippen molar-refractivity contribution in [3.8, 4) is 0 Å². The van der Waals surface area contributed by atoms with Gasteiger partial charge in [0, 0.05) is 12.5 Å². The molecule has 1 aromatic carbocycles. The predicted molar refractivity (Wildman–Crippen MR) is 46.5 cm³/mol. The Morgan fingerprint density at radius 1 is 1.36 bits per heavy atom. The molecule has 0 saturated carbocycles. The lowest BCUT2D eigenvalue weighted by Crippen LogP contribution is -2.05. The summed E-state index contributed by atoms with van der Waals surface area (Å²) in [5.41, 5.74) is -0.305. The van der Waals surface area contributed by atoms with Crippen molar-refractivity contribution in [3.63, 3.8) is 0 Å². The molecule has 1 unspecified atom stereocenters. The maximum atomic E-state index is 12.3. The summed E-state index contributed by atoms with van der Waals surface area (Å²) in [6.07, 6.45) is -4.34. The Balaban J connectivity index is 3.09. The first-order valence-electron chi connectivity index (χ1n) is 3.99. The lowest BCUT2D eigenvalue weighted by molar-refractivity contribution is -0.137. The SMILES string of the molecule is [C-]#[N+]C(C)c1cccc(C(F)(F)F)c1. The molecule has 0 aliphatic rings. The number of alkyl halides is 3. The number of rotatable bonds is 1. The lowest BCUT2D eigenvalue weighted by Gasteiger charge is -2.07. The third-order valence-corrected chi connectivity index (χ3v) is 1.89. The van der Waals surface area contributed by atoms with Gasteiger partial charge in [-0.15, -0.1) is 0 Å². The van der Waals surface area contributed by atoms with Crippen LogP contribution in [0.3, 0.4) is 0 Å². The van der Waals surface area contributed by atoms with Gasteiger partial charge in [-0.2, -0.15) is 13.2 Å². The Morgan fingerprint density at radius 3 is 2.50 bits per heavy atom. The zero-order chi connectivity index (χ0) is 10.8. The first kappa shape index (κ1) is 10.6. The minimum Gasteiger partial charge on any atom is -0.309 e. The van der Waals surface area contributed by atoms with Gasteiger partial charge in [0.2, 0.25) is 6.04 Å². The van der Waals surface area contributed by atoms with Gasteiger partial charge in [0.15, 0.2) is 0 Å². The quantitative estimate of drug-likeness (QED) is 0.607. The summed E-state index contributed by atoms with van der Waals surface area (Å²) < 4.78 is 36.8. The van der Waals surface area contributed by atoms with Crippen LogP contribution in [0.4, 0.5) is 13.2 Å². The van der Waals surface area contributed by atoms with Crippen LogP contribution < -0.4 is 0 Å². The van der Waals surface area contributed by atoms with Crippen LogP contribution in [0, 0.1) is 6.57 Å². The van der Waals surface area contributed by atoms with E-state index in [1.807, 2.05) is 0 Å². The third-order valence-electron chi connectivity index (χ3n) is 1.89. The van der Waals surface area contributed by atoms with E-state index in [1.54, 1.807) is 6.92 Å². The predicted octanol–water partition coefficient (Wildman–Crippen LogP) is 3.69. The summed E-state index contributed by atoms with van der Waals surface area (Å²) in [5, 5.41) is 0. The number of halogens is 3. The Morgan fingerprint density at radius 2 is 2.00 bits per heavy atom. The minimum absolute atomic E-state index is 0.398. The van der Waals surface area contributed by atoms with E-state index in [4.69, 9.17) is 6.57 Å². The van der Waals surface area contributed by atoms with E-state index in [1.165, 1.54) is 12.1 Å². The van der Waals surface area contributed by atoms with E-state index < -0.39 is 17.8 Å². The maximum absolute atomic E-state index is 12.3. The van der Waals surface area contributed by atoms with E-state index in [0.717, 1.165) is 12.1 Å². The Kier molecular flexibility index (Phi) is 2.80. The van der Waals surface area contributed by atoms with Gasteiger partial charge in [0.1, 0.15) is 0 Å². The fourth-order valence-electron chi connectivity index (χ4n) is 1.05. The second-order valence-electron chi connectivity index (χ2n) is 2.93. The monoisotopic (exact) mass is 199 g/mol. The highest BCUT2D eigenvalue weighted by Crippen LogP contribution is 2.31. The summed E-state index contributed by atoms with van der Waals surface area (Å²) in [6, 6.07) is 4.33. The maximum Gasteiger partial charge on any atom is 0.416 e. The summed E-state index contributed by atoms with van der Waals surface area (Å²) in [7, 11) is 0. The molecule has 0 spiro atoms.